The lowest BCUT2D eigenvalue weighted by Gasteiger charge is -2.08. The Morgan fingerprint density at radius 2 is 1.94 bits per heavy atom. The van der Waals surface area contributed by atoms with E-state index in [9.17, 15) is 4.39 Å². The number of halogens is 4. The first-order valence-corrected chi connectivity index (χ1v) is 6.26. The molecule has 3 nitrogen and oxygen atoms in total. The second kappa shape index (κ2) is 5.30. The van der Waals surface area contributed by atoms with Gasteiger partial charge in [0.15, 0.2) is 0 Å². The molecule has 0 saturated heterocycles. The fourth-order valence-corrected chi connectivity index (χ4v) is 1.83. The van der Waals surface area contributed by atoms with Crippen LogP contribution in [-0.2, 0) is 0 Å². The van der Waals surface area contributed by atoms with E-state index in [0.29, 0.717) is 4.47 Å². The molecule has 7 heteroatoms. The van der Waals surface area contributed by atoms with Crippen molar-refractivity contribution in [2.45, 2.75) is 0 Å². The number of nitrogens with two attached hydrogens (primary N) is 1. The summed E-state index contributed by atoms with van der Waals surface area (Å²) in [6.45, 7) is 0. The minimum absolute atomic E-state index is 0.0697. The van der Waals surface area contributed by atoms with Crippen LogP contribution >= 0.6 is 39.1 Å². The van der Waals surface area contributed by atoms with Gasteiger partial charge in [-0.3, -0.25) is 0 Å². The SMILES string of the molecule is Nc1nc(Oc2ccc(Br)c(F)c2)c(Cl)cc1Cl. The molecule has 0 atom stereocenters. The highest BCUT2D eigenvalue weighted by atomic mass is 79.9. The third kappa shape index (κ3) is 2.85. The lowest BCUT2D eigenvalue weighted by molar-refractivity contribution is 0.459. The van der Waals surface area contributed by atoms with Crippen molar-refractivity contribution in [3.8, 4) is 11.6 Å². The molecule has 0 fully saturated rings. The summed E-state index contributed by atoms with van der Waals surface area (Å²) in [5.41, 5.74) is 5.53. The van der Waals surface area contributed by atoms with Gasteiger partial charge in [0.05, 0.1) is 9.50 Å². The molecule has 2 rings (SSSR count). The topological polar surface area (TPSA) is 48.1 Å². The predicted octanol–water partition coefficient (Wildman–Crippen LogP) is 4.66. The molecule has 0 spiro atoms. The molecule has 0 aliphatic heterocycles. The third-order valence-electron chi connectivity index (χ3n) is 2.03. The average molecular weight is 352 g/mol. The van der Waals surface area contributed by atoms with E-state index in [1.807, 2.05) is 0 Å². The third-order valence-corrected chi connectivity index (χ3v) is 3.25. The van der Waals surface area contributed by atoms with E-state index >= 15 is 0 Å². The van der Waals surface area contributed by atoms with E-state index in [4.69, 9.17) is 33.7 Å². The zero-order valence-electron chi connectivity index (χ0n) is 8.75. The van der Waals surface area contributed by atoms with E-state index in [1.54, 1.807) is 6.07 Å². The summed E-state index contributed by atoms with van der Waals surface area (Å²) >= 11 is 14.7. The van der Waals surface area contributed by atoms with Gasteiger partial charge in [0.1, 0.15) is 22.4 Å². The molecule has 1 heterocycles. The normalized spacial score (nSPS) is 10.4. The van der Waals surface area contributed by atoms with E-state index in [-0.39, 0.29) is 27.5 Å². The fraction of sp³-hybridized carbons (Fsp3) is 0. The van der Waals surface area contributed by atoms with Crippen LogP contribution in [0.4, 0.5) is 10.2 Å². The molecular weight excluding hydrogens is 346 g/mol. The lowest BCUT2D eigenvalue weighted by Crippen LogP contribution is -1.96. The summed E-state index contributed by atoms with van der Waals surface area (Å²) in [5.74, 6) is -0.0358. The molecule has 0 aliphatic rings. The number of nitrogen functional groups attached to an aromatic ring is 1. The summed E-state index contributed by atoms with van der Waals surface area (Å²) in [6, 6.07) is 5.69. The molecule has 1 aromatic carbocycles. The molecule has 94 valence electrons. The first-order valence-electron chi connectivity index (χ1n) is 4.72. The molecule has 2 aromatic rings. The second-order valence-corrected chi connectivity index (χ2v) is 4.99. The Labute approximate surface area is 121 Å². The number of nitrogens with zero attached hydrogens (tertiary/aromatic N) is 1. The van der Waals surface area contributed by atoms with E-state index < -0.39 is 5.82 Å². The van der Waals surface area contributed by atoms with Crippen molar-refractivity contribution in [2.24, 2.45) is 0 Å². The Morgan fingerprint density at radius 1 is 1.22 bits per heavy atom. The maximum Gasteiger partial charge on any atom is 0.240 e. The maximum atomic E-state index is 13.3. The highest BCUT2D eigenvalue weighted by molar-refractivity contribution is 9.10. The molecule has 0 amide bonds. The zero-order valence-corrected chi connectivity index (χ0v) is 11.9. The number of anilines is 1. The van der Waals surface area contributed by atoms with Crippen molar-refractivity contribution in [3.05, 3.63) is 44.6 Å². The smallest absolute Gasteiger partial charge is 0.240 e. The van der Waals surface area contributed by atoms with Crippen LogP contribution in [0.15, 0.2) is 28.7 Å². The van der Waals surface area contributed by atoms with Crippen molar-refractivity contribution < 1.29 is 9.13 Å². The minimum Gasteiger partial charge on any atom is -0.437 e. The van der Waals surface area contributed by atoms with Crippen LogP contribution in [0.25, 0.3) is 0 Å². The Kier molecular flexibility index (Phi) is 3.94. The number of hydrogen-bond donors (Lipinski definition) is 1. The van der Waals surface area contributed by atoms with Crippen LogP contribution < -0.4 is 10.5 Å². The van der Waals surface area contributed by atoms with Crippen LogP contribution in [0.2, 0.25) is 10.0 Å². The Morgan fingerprint density at radius 3 is 2.61 bits per heavy atom. The molecule has 0 unspecified atom stereocenters. The fourth-order valence-electron chi connectivity index (χ4n) is 1.19. The van der Waals surface area contributed by atoms with Gasteiger partial charge in [-0.2, -0.15) is 4.98 Å². The van der Waals surface area contributed by atoms with Gasteiger partial charge in [-0.15, -0.1) is 0 Å². The van der Waals surface area contributed by atoms with Gasteiger partial charge in [0.2, 0.25) is 5.88 Å². The van der Waals surface area contributed by atoms with Crippen LogP contribution in [0.5, 0.6) is 11.6 Å². The summed E-state index contributed by atoms with van der Waals surface area (Å²) in [6.07, 6.45) is 0. The summed E-state index contributed by atoms with van der Waals surface area (Å²) in [4.78, 5) is 3.88. The van der Waals surface area contributed by atoms with Gasteiger partial charge >= 0.3 is 0 Å². The number of benzene rings is 1. The molecular formula is C11H6BrCl2FN2O. The molecule has 0 radical (unpaired) electrons. The van der Waals surface area contributed by atoms with Crippen LogP contribution in [-0.4, -0.2) is 4.98 Å². The van der Waals surface area contributed by atoms with E-state index in [2.05, 4.69) is 20.9 Å². The molecule has 1 aromatic heterocycles. The summed E-state index contributed by atoms with van der Waals surface area (Å²) in [7, 11) is 0. The average Bonchev–Trinajstić information content (AvgIpc) is 2.31. The van der Waals surface area contributed by atoms with Gasteiger partial charge in [-0.25, -0.2) is 4.39 Å². The van der Waals surface area contributed by atoms with Crippen molar-refractivity contribution in [1.82, 2.24) is 4.98 Å². The predicted molar refractivity (Wildman–Crippen MR) is 72.8 cm³/mol. The Bertz CT molecular complexity index is 610. The first kappa shape index (κ1) is 13.4. The number of rotatable bonds is 2. The number of pyridine rings is 1. The Balaban J connectivity index is 2.34. The van der Waals surface area contributed by atoms with Crippen LogP contribution in [0.3, 0.4) is 0 Å². The monoisotopic (exact) mass is 350 g/mol. The highest BCUT2D eigenvalue weighted by Crippen LogP contribution is 2.33. The molecule has 2 N–H and O–H groups in total. The van der Waals surface area contributed by atoms with E-state index in [1.165, 1.54) is 18.2 Å². The molecule has 0 saturated carbocycles. The van der Waals surface area contributed by atoms with Gasteiger partial charge < -0.3 is 10.5 Å². The number of ether oxygens (including phenoxy) is 1. The van der Waals surface area contributed by atoms with Crippen LogP contribution in [0.1, 0.15) is 0 Å². The van der Waals surface area contributed by atoms with Gasteiger partial charge in [0, 0.05) is 6.07 Å². The summed E-state index contributed by atoms with van der Waals surface area (Å²) < 4.78 is 19.0. The minimum atomic E-state index is -0.453. The van der Waals surface area contributed by atoms with Crippen molar-refractivity contribution >= 4 is 44.9 Å². The first-order chi connectivity index (χ1) is 8.47. The van der Waals surface area contributed by atoms with Crippen LogP contribution in [0, 0.1) is 5.82 Å². The van der Waals surface area contributed by atoms with Crippen molar-refractivity contribution in [1.29, 1.82) is 0 Å². The van der Waals surface area contributed by atoms with E-state index in [0.717, 1.165) is 0 Å². The highest BCUT2D eigenvalue weighted by Gasteiger charge is 2.10. The number of hydrogen-bond acceptors (Lipinski definition) is 3. The van der Waals surface area contributed by atoms with Gasteiger partial charge in [-0.05, 0) is 34.1 Å². The van der Waals surface area contributed by atoms with Crippen molar-refractivity contribution in [3.63, 3.8) is 0 Å². The van der Waals surface area contributed by atoms with Gasteiger partial charge in [-0.1, -0.05) is 23.2 Å². The maximum absolute atomic E-state index is 13.3. The quantitative estimate of drug-likeness (QED) is 0.855. The van der Waals surface area contributed by atoms with Gasteiger partial charge in [0.25, 0.3) is 0 Å². The zero-order chi connectivity index (χ0) is 13.3. The summed E-state index contributed by atoms with van der Waals surface area (Å²) in [5, 5.41) is 0.423. The standard InChI is InChI=1S/C11H6BrCl2FN2O/c12-6-2-1-5(3-9(6)15)18-11-8(14)4-7(13)10(16)17-11/h1-4H,(H2,16,17). The Hall–Kier alpha value is -1.04. The molecule has 18 heavy (non-hydrogen) atoms. The molecule has 0 aliphatic carbocycles. The lowest BCUT2D eigenvalue weighted by atomic mass is 10.3. The largest absolute Gasteiger partial charge is 0.437 e. The van der Waals surface area contributed by atoms with Crippen molar-refractivity contribution in [2.75, 3.05) is 5.73 Å². The number of aromatic nitrogens is 1. The molecule has 0 bridgehead atoms. The second-order valence-electron chi connectivity index (χ2n) is 3.32.